The number of aromatic nitrogens is 2. The van der Waals surface area contributed by atoms with Gasteiger partial charge in [0.15, 0.2) is 0 Å². The van der Waals surface area contributed by atoms with Gasteiger partial charge >= 0.3 is 0 Å². The number of carbonyl (C=O) groups excluding carboxylic acids is 1. The van der Waals surface area contributed by atoms with Crippen LogP contribution >= 0.6 is 0 Å². The highest BCUT2D eigenvalue weighted by Gasteiger charge is 2.20. The molecular formula is C16H25N5O. The van der Waals surface area contributed by atoms with E-state index in [1.165, 1.54) is 19.3 Å². The molecule has 0 bridgehead atoms. The summed E-state index contributed by atoms with van der Waals surface area (Å²) >= 11 is 0. The molecule has 0 atom stereocenters. The van der Waals surface area contributed by atoms with E-state index in [0.29, 0.717) is 17.7 Å². The molecule has 1 saturated carbocycles. The van der Waals surface area contributed by atoms with E-state index in [4.69, 9.17) is 0 Å². The standard InChI is InChI=1S/C16H25N5O/c1-20-9-11-21(12-10-20)16-17-8-7-14(19-16)15(22)18-13-5-3-2-4-6-13/h7-8,13H,2-6,9-12H2,1H3,(H,18,22). The van der Waals surface area contributed by atoms with Crippen LogP contribution in [-0.4, -0.2) is 60.0 Å². The molecule has 6 heteroatoms. The SMILES string of the molecule is CN1CCN(c2nccc(C(=O)NC3CCCCC3)n2)CC1. The van der Waals surface area contributed by atoms with Crippen molar-refractivity contribution in [3.63, 3.8) is 0 Å². The molecule has 120 valence electrons. The summed E-state index contributed by atoms with van der Waals surface area (Å²) in [7, 11) is 2.12. The fourth-order valence-corrected chi connectivity index (χ4v) is 3.14. The first-order valence-corrected chi connectivity index (χ1v) is 8.30. The number of amides is 1. The molecule has 1 aromatic rings. The van der Waals surface area contributed by atoms with Crippen molar-refractivity contribution in [2.45, 2.75) is 38.1 Å². The fraction of sp³-hybridized carbons (Fsp3) is 0.688. The van der Waals surface area contributed by atoms with Crippen molar-refractivity contribution in [2.24, 2.45) is 0 Å². The molecule has 3 rings (SSSR count). The van der Waals surface area contributed by atoms with Crippen LogP contribution in [0.25, 0.3) is 0 Å². The Morgan fingerprint density at radius 2 is 1.91 bits per heavy atom. The van der Waals surface area contributed by atoms with E-state index in [1.807, 2.05) is 0 Å². The quantitative estimate of drug-likeness (QED) is 0.912. The summed E-state index contributed by atoms with van der Waals surface area (Å²) in [5.74, 6) is 0.606. The van der Waals surface area contributed by atoms with Gasteiger partial charge < -0.3 is 15.1 Å². The van der Waals surface area contributed by atoms with Crippen LogP contribution in [0.2, 0.25) is 0 Å². The smallest absolute Gasteiger partial charge is 0.270 e. The summed E-state index contributed by atoms with van der Waals surface area (Å²) in [6.45, 7) is 3.82. The maximum atomic E-state index is 12.4. The minimum absolute atomic E-state index is 0.0651. The maximum Gasteiger partial charge on any atom is 0.270 e. The second-order valence-corrected chi connectivity index (χ2v) is 6.34. The lowest BCUT2D eigenvalue weighted by atomic mass is 9.95. The number of rotatable bonds is 3. The van der Waals surface area contributed by atoms with Crippen LogP contribution < -0.4 is 10.2 Å². The largest absolute Gasteiger partial charge is 0.348 e. The molecule has 1 saturated heterocycles. The summed E-state index contributed by atoms with van der Waals surface area (Å²) in [4.78, 5) is 25.6. The zero-order valence-corrected chi connectivity index (χ0v) is 13.3. The van der Waals surface area contributed by atoms with Crippen molar-refractivity contribution >= 4 is 11.9 Å². The van der Waals surface area contributed by atoms with Gasteiger partial charge in [-0.1, -0.05) is 19.3 Å². The van der Waals surface area contributed by atoms with Crippen LogP contribution in [0.1, 0.15) is 42.6 Å². The second kappa shape index (κ2) is 7.05. The van der Waals surface area contributed by atoms with Crippen molar-refractivity contribution < 1.29 is 4.79 Å². The van der Waals surface area contributed by atoms with Gasteiger partial charge in [0.25, 0.3) is 5.91 Å². The molecule has 1 N–H and O–H groups in total. The summed E-state index contributed by atoms with van der Waals surface area (Å²) in [5.41, 5.74) is 0.481. The number of hydrogen-bond donors (Lipinski definition) is 1. The Balaban J connectivity index is 1.63. The Bertz CT molecular complexity index is 507. The predicted octanol–water partition coefficient (Wildman–Crippen LogP) is 1.29. The Labute approximate surface area is 131 Å². The fourth-order valence-electron chi connectivity index (χ4n) is 3.14. The minimum atomic E-state index is -0.0651. The van der Waals surface area contributed by atoms with E-state index in [9.17, 15) is 4.79 Å². The zero-order chi connectivity index (χ0) is 15.4. The third-order valence-electron chi connectivity index (χ3n) is 4.60. The van der Waals surface area contributed by atoms with Gasteiger partial charge in [0.1, 0.15) is 5.69 Å². The van der Waals surface area contributed by atoms with Gasteiger partial charge in [-0.2, -0.15) is 0 Å². The topological polar surface area (TPSA) is 61.4 Å². The van der Waals surface area contributed by atoms with Crippen molar-refractivity contribution in [3.05, 3.63) is 18.0 Å². The molecule has 6 nitrogen and oxygen atoms in total. The van der Waals surface area contributed by atoms with E-state index in [2.05, 4.69) is 32.1 Å². The lowest BCUT2D eigenvalue weighted by Crippen LogP contribution is -2.45. The van der Waals surface area contributed by atoms with E-state index in [-0.39, 0.29) is 5.91 Å². The molecule has 0 spiro atoms. The van der Waals surface area contributed by atoms with E-state index < -0.39 is 0 Å². The van der Waals surface area contributed by atoms with E-state index >= 15 is 0 Å². The van der Waals surface area contributed by atoms with Gasteiger partial charge in [-0.3, -0.25) is 4.79 Å². The molecular weight excluding hydrogens is 278 g/mol. The van der Waals surface area contributed by atoms with E-state index in [0.717, 1.165) is 39.0 Å². The van der Waals surface area contributed by atoms with Crippen molar-refractivity contribution in [2.75, 3.05) is 38.1 Å². The van der Waals surface area contributed by atoms with Crippen LogP contribution in [0, 0.1) is 0 Å². The van der Waals surface area contributed by atoms with Crippen LogP contribution in [0.15, 0.2) is 12.3 Å². The van der Waals surface area contributed by atoms with Gasteiger partial charge in [-0.05, 0) is 26.0 Å². The van der Waals surface area contributed by atoms with Gasteiger partial charge in [-0.25, -0.2) is 9.97 Å². The van der Waals surface area contributed by atoms with Crippen molar-refractivity contribution in [1.29, 1.82) is 0 Å². The Kier molecular flexibility index (Phi) is 4.87. The monoisotopic (exact) mass is 303 g/mol. The molecule has 22 heavy (non-hydrogen) atoms. The second-order valence-electron chi connectivity index (χ2n) is 6.34. The molecule has 0 unspecified atom stereocenters. The number of piperazine rings is 1. The molecule has 0 radical (unpaired) electrons. The van der Waals surface area contributed by atoms with Crippen LogP contribution in [0.5, 0.6) is 0 Å². The average Bonchev–Trinajstić information content (AvgIpc) is 2.56. The average molecular weight is 303 g/mol. The first-order valence-electron chi connectivity index (χ1n) is 8.30. The maximum absolute atomic E-state index is 12.4. The molecule has 2 aliphatic rings. The molecule has 2 heterocycles. The first-order chi connectivity index (χ1) is 10.7. The van der Waals surface area contributed by atoms with Gasteiger partial charge in [-0.15, -0.1) is 0 Å². The highest BCUT2D eigenvalue weighted by molar-refractivity contribution is 5.92. The van der Waals surface area contributed by atoms with Gasteiger partial charge in [0.05, 0.1) is 0 Å². The molecule has 1 aromatic heterocycles. The highest BCUT2D eigenvalue weighted by atomic mass is 16.1. The normalized spacial score (nSPS) is 20.9. The summed E-state index contributed by atoms with van der Waals surface area (Å²) < 4.78 is 0. The minimum Gasteiger partial charge on any atom is -0.348 e. The Morgan fingerprint density at radius 1 is 1.18 bits per heavy atom. The first kappa shape index (κ1) is 15.2. The number of carbonyl (C=O) groups is 1. The van der Waals surface area contributed by atoms with Crippen LogP contribution in [0.4, 0.5) is 5.95 Å². The summed E-state index contributed by atoms with van der Waals surface area (Å²) in [6, 6.07) is 2.01. The van der Waals surface area contributed by atoms with Crippen LogP contribution in [-0.2, 0) is 0 Å². The summed E-state index contributed by atoms with van der Waals surface area (Å²) in [6.07, 6.45) is 7.57. The van der Waals surface area contributed by atoms with E-state index in [1.54, 1.807) is 12.3 Å². The number of nitrogens with zero attached hydrogens (tertiary/aromatic N) is 4. The highest BCUT2D eigenvalue weighted by Crippen LogP contribution is 2.18. The Morgan fingerprint density at radius 3 is 2.64 bits per heavy atom. The number of likely N-dealkylation sites (N-methyl/N-ethyl adjacent to an activating group) is 1. The molecule has 1 aliphatic carbocycles. The number of anilines is 1. The molecule has 2 fully saturated rings. The lowest BCUT2D eigenvalue weighted by Gasteiger charge is -2.32. The van der Waals surface area contributed by atoms with Gasteiger partial charge in [0, 0.05) is 38.4 Å². The summed E-state index contributed by atoms with van der Waals surface area (Å²) in [5, 5.41) is 3.12. The van der Waals surface area contributed by atoms with Crippen molar-refractivity contribution in [1.82, 2.24) is 20.2 Å². The van der Waals surface area contributed by atoms with Crippen LogP contribution in [0.3, 0.4) is 0 Å². The lowest BCUT2D eigenvalue weighted by molar-refractivity contribution is 0.0922. The molecule has 1 amide bonds. The molecule has 1 aliphatic heterocycles. The van der Waals surface area contributed by atoms with Crippen molar-refractivity contribution in [3.8, 4) is 0 Å². The van der Waals surface area contributed by atoms with Gasteiger partial charge in [0.2, 0.25) is 5.95 Å². The third kappa shape index (κ3) is 3.74. The third-order valence-corrected chi connectivity index (χ3v) is 4.60. The number of hydrogen-bond acceptors (Lipinski definition) is 5. The predicted molar refractivity (Wildman–Crippen MR) is 86.1 cm³/mol. The Hall–Kier alpha value is -1.69. The zero-order valence-electron chi connectivity index (χ0n) is 13.3. The number of nitrogens with one attached hydrogen (secondary N) is 1. The molecule has 0 aromatic carbocycles.